The third-order valence-electron chi connectivity index (χ3n) is 2.46. The molecule has 21 heavy (non-hydrogen) atoms. The number of benzene rings is 1. The smallest absolute Gasteiger partial charge is 0.250 e. The van der Waals surface area contributed by atoms with Crippen LogP contribution in [0.2, 0.25) is 0 Å². The van der Waals surface area contributed by atoms with Gasteiger partial charge in [-0.05, 0) is 12.1 Å². The molecular weight excluding hydrogens is 276 g/mol. The molecule has 0 bridgehead atoms. The summed E-state index contributed by atoms with van der Waals surface area (Å²) in [7, 11) is 3.05. The van der Waals surface area contributed by atoms with Crippen molar-refractivity contribution < 1.29 is 23.8 Å². The molecule has 0 saturated carbocycles. The zero-order valence-electron chi connectivity index (χ0n) is 12.4. The molecule has 1 aromatic rings. The van der Waals surface area contributed by atoms with Gasteiger partial charge in [-0.25, -0.2) is 0 Å². The Balaban J connectivity index is 2.59. The molecule has 0 atom stereocenters. The first kappa shape index (κ1) is 16.9. The topological polar surface area (TPSA) is 85.9 Å². The second-order valence-electron chi connectivity index (χ2n) is 4.19. The van der Waals surface area contributed by atoms with Gasteiger partial charge in [0.15, 0.2) is 0 Å². The fraction of sp³-hybridized carbons (Fsp3) is 0.429. The van der Waals surface area contributed by atoms with Gasteiger partial charge in [0.05, 0.1) is 26.0 Å². The monoisotopic (exact) mass is 296 g/mol. The van der Waals surface area contributed by atoms with Crippen LogP contribution >= 0.6 is 0 Å². The summed E-state index contributed by atoms with van der Waals surface area (Å²) in [5.74, 6) is -0.0136. The van der Waals surface area contributed by atoms with E-state index in [1.165, 1.54) is 14.0 Å². The highest BCUT2D eigenvalue weighted by Gasteiger charge is 2.08. The Kier molecular flexibility index (Phi) is 7.20. The maximum atomic E-state index is 11.7. The molecule has 0 saturated heterocycles. The number of ether oxygens (including phenoxy) is 3. The normalized spacial score (nSPS) is 10.0. The van der Waals surface area contributed by atoms with Crippen molar-refractivity contribution >= 4 is 23.2 Å². The zero-order valence-corrected chi connectivity index (χ0v) is 12.4. The number of nitrogens with one attached hydrogen (secondary N) is 2. The van der Waals surface area contributed by atoms with Crippen molar-refractivity contribution in [2.24, 2.45) is 0 Å². The average molecular weight is 296 g/mol. The maximum absolute atomic E-state index is 11.7. The first-order valence-electron chi connectivity index (χ1n) is 6.39. The van der Waals surface area contributed by atoms with Crippen LogP contribution in [0.4, 0.5) is 11.4 Å². The Morgan fingerprint density at radius 2 is 1.90 bits per heavy atom. The highest BCUT2D eigenvalue weighted by atomic mass is 16.5. The van der Waals surface area contributed by atoms with Gasteiger partial charge in [0, 0.05) is 25.8 Å². The van der Waals surface area contributed by atoms with Crippen LogP contribution in [0, 0.1) is 0 Å². The molecule has 116 valence electrons. The van der Waals surface area contributed by atoms with E-state index in [1.807, 2.05) is 0 Å². The number of rotatable bonds is 8. The van der Waals surface area contributed by atoms with Crippen LogP contribution in [0.15, 0.2) is 18.2 Å². The highest BCUT2D eigenvalue weighted by Crippen LogP contribution is 2.27. The van der Waals surface area contributed by atoms with Gasteiger partial charge < -0.3 is 24.8 Å². The molecule has 0 fully saturated rings. The summed E-state index contributed by atoms with van der Waals surface area (Å²) in [6.45, 7) is 2.15. The lowest BCUT2D eigenvalue weighted by Gasteiger charge is -2.12. The first-order valence-corrected chi connectivity index (χ1v) is 6.39. The number of methoxy groups -OCH3 is 2. The zero-order chi connectivity index (χ0) is 15.7. The molecule has 0 aliphatic heterocycles. The number of hydrogen-bond donors (Lipinski definition) is 2. The minimum atomic E-state index is -0.277. The number of anilines is 2. The second-order valence-corrected chi connectivity index (χ2v) is 4.19. The van der Waals surface area contributed by atoms with E-state index in [4.69, 9.17) is 14.2 Å². The second kappa shape index (κ2) is 8.93. The van der Waals surface area contributed by atoms with Crippen LogP contribution in [0.25, 0.3) is 0 Å². The van der Waals surface area contributed by atoms with E-state index in [1.54, 1.807) is 25.3 Å². The highest BCUT2D eigenvalue weighted by molar-refractivity contribution is 5.94. The summed E-state index contributed by atoms with van der Waals surface area (Å²) >= 11 is 0. The SMILES string of the molecule is COCCOCC(=O)Nc1ccc(NC(C)=O)c(OC)c1. The summed E-state index contributed by atoms with van der Waals surface area (Å²) in [5, 5.41) is 5.31. The van der Waals surface area contributed by atoms with Gasteiger partial charge in [-0.1, -0.05) is 0 Å². The van der Waals surface area contributed by atoms with E-state index in [0.29, 0.717) is 30.3 Å². The van der Waals surface area contributed by atoms with Crippen molar-refractivity contribution in [1.29, 1.82) is 0 Å². The third kappa shape index (κ3) is 6.24. The lowest BCUT2D eigenvalue weighted by atomic mass is 10.2. The van der Waals surface area contributed by atoms with Gasteiger partial charge in [-0.15, -0.1) is 0 Å². The Morgan fingerprint density at radius 1 is 1.14 bits per heavy atom. The van der Waals surface area contributed by atoms with Crippen molar-refractivity contribution in [3.63, 3.8) is 0 Å². The molecule has 0 spiro atoms. The molecular formula is C14H20N2O5. The first-order chi connectivity index (χ1) is 10.1. The van der Waals surface area contributed by atoms with E-state index >= 15 is 0 Å². The van der Waals surface area contributed by atoms with Crippen LogP contribution in [-0.4, -0.2) is 45.9 Å². The quantitative estimate of drug-likeness (QED) is 0.705. The van der Waals surface area contributed by atoms with Crippen LogP contribution in [-0.2, 0) is 19.1 Å². The Labute approximate surface area is 123 Å². The molecule has 0 unspecified atom stereocenters. The molecule has 1 rings (SSSR count). The number of carbonyl (C=O) groups is 2. The van der Waals surface area contributed by atoms with E-state index in [2.05, 4.69) is 10.6 Å². The lowest BCUT2D eigenvalue weighted by Crippen LogP contribution is -2.19. The Morgan fingerprint density at radius 3 is 2.52 bits per heavy atom. The largest absolute Gasteiger partial charge is 0.494 e. The minimum absolute atomic E-state index is 0.0564. The van der Waals surface area contributed by atoms with E-state index in [9.17, 15) is 9.59 Å². The third-order valence-corrected chi connectivity index (χ3v) is 2.46. The molecule has 7 heteroatoms. The number of amides is 2. The lowest BCUT2D eigenvalue weighted by molar-refractivity contribution is -0.121. The van der Waals surface area contributed by atoms with Crippen LogP contribution in [0.3, 0.4) is 0 Å². The van der Waals surface area contributed by atoms with Gasteiger partial charge in [-0.3, -0.25) is 9.59 Å². The predicted molar refractivity (Wildman–Crippen MR) is 78.6 cm³/mol. The van der Waals surface area contributed by atoms with Crippen molar-refractivity contribution in [3.8, 4) is 5.75 Å². The van der Waals surface area contributed by atoms with Crippen molar-refractivity contribution in [2.75, 3.05) is 44.7 Å². The fourth-order valence-corrected chi connectivity index (χ4v) is 1.57. The summed E-state index contributed by atoms with van der Waals surface area (Å²) < 4.78 is 15.1. The Bertz CT molecular complexity index is 490. The number of hydrogen-bond acceptors (Lipinski definition) is 5. The minimum Gasteiger partial charge on any atom is -0.494 e. The molecule has 1 aromatic carbocycles. The van der Waals surface area contributed by atoms with Crippen LogP contribution in [0.5, 0.6) is 5.75 Å². The summed E-state index contributed by atoms with van der Waals surface area (Å²) in [5.41, 5.74) is 1.10. The molecule has 0 radical (unpaired) electrons. The fourth-order valence-electron chi connectivity index (χ4n) is 1.57. The summed E-state index contributed by atoms with van der Waals surface area (Å²) in [6.07, 6.45) is 0. The molecule has 0 heterocycles. The molecule has 0 aliphatic carbocycles. The molecule has 2 amide bonds. The van der Waals surface area contributed by atoms with Crippen LogP contribution in [0.1, 0.15) is 6.92 Å². The van der Waals surface area contributed by atoms with E-state index in [0.717, 1.165) is 0 Å². The number of carbonyl (C=O) groups excluding carboxylic acids is 2. The van der Waals surface area contributed by atoms with Crippen molar-refractivity contribution in [3.05, 3.63) is 18.2 Å². The molecule has 0 aromatic heterocycles. The average Bonchev–Trinajstić information content (AvgIpc) is 2.44. The van der Waals surface area contributed by atoms with Gasteiger partial charge in [0.2, 0.25) is 11.8 Å². The standard InChI is InChI=1S/C14H20N2O5/c1-10(17)15-12-5-4-11(8-13(12)20-3)16-14(18)9-21-7-6-19-2/h4-5,8H,6-7,9H2,1-3H3,(H,15,17)(H,16,18). The molecule has 2 N–H and O–H groups in total. The predicted octanol–water partition coefficient (Wildman–Crippen LogP) is 1.26. The van der Waals surface area contributed by atoms with Gasteiger partial charge in [0.1, 0.15) is 12.4 Å². The molecule has 7 nitrogen and oxygen atoms in total. The van der Waals surface area contributed by atoms with Crippen molar-refractivity contribution in [2.45, 2.75) is 6.92 Å². The molecule has 0 aliphatic rings. The van der Waals surface area contributed by atoms with Gasteiger partial charge in [0.25, 0.3) is 0 Å². The van der Waals surface area contributed by atoms with Gasteiger partial charge in [-0.2, -0.15) is 0 Å². The Hall–Kier alpha value is -2.12. The van der Waals surface area contributed by atoms with Crippen LogP contribution < -0.4 is 15.4 Å². The van der Waals surface area contributed by atoms with Crippen molar-refractivity contribution in [1.82, 2.24) is 0 Å². The van der Waals surface area contributed by atoms with E-state index in [-0.39, 0.29) is 18.4 Å². The summed E-state index contributed by atoms with van der Waals surface area (Å²) in [6, 6.07) is 4.95. The van der Waals surface area contributed by atoms with E-state index < -0.39 is 0 Å². The maximum Gasteiger partial charge on any atom is 0.250 e. The summed E-state index contributed by atoms with van der Waals surface area (Å²) in [4.78, 5) is 22.7. The van der Waals surface area contributed by atoms with Gasteiger partial charge >= 0.3 is 0 Å².